The van der Waals surface area contributed by atoms with Gasteiger partial charge in [-0.05, 0) is 41.5 Å². The van der Waals surface area contributed by atoms with Gasteiger partial charge in [0.1, 0.15) is 0 Å². The van der Waals surface area contributed by atoms with Crippen LogP contribution in [0.15, 0.2) is 0 Å². The molecule has 0 spiro atoms. The maximum atomic E-state index is 2.29. The summed E-state index contributed by atoms with van der Waals surface area (Å²) in [5.74, 6) is 0. The highest BCUT2D eigenvalue weighted by Crippen LogP contribution is 1.98. The van der Waals surface area contributed by atoms with Gasteiger partial charge in [-0.2, -0.15) is 0 Å². The summed E-state index contributed by atoms with van der Waals surface area (Å²) in [5, 5.41) is 0. The fraction of sp³-hybridized carbons (Fsp3) is 1.00. The molecule has 0 fully saturated rings. The first-order chi connectivity index (χ1) is 7.36. The summed E-state index contributed by atoms with van der Waals surface area (Å²) >= 11 is 0. The first-order valence-corrected chi connectivity index (χ1v) is 7.03. The molecule has 4 heteroatoms. The van der Waals surface area contributed by atoms with Crippen molar-refractivity contribution in [1.82, 2.24) is 0 Å². The first-order valence-electron chi connectivity index (χ1n) is 7.03. The van der Waals surface area contributed by atoms with Crippen molar-refractivity contribution in [3.05, 3.63) is 0 Å². The van der Waals surface area contributed by atoms with Gasteiger partial charge in [-0.1, -0.05) is 0 Å². The Morgan fingerprint density at radius 2 is 0.611 bits per heavy atom. The summed E-state index contributed by atoms with van der Waals surface area (Å²) < 4.78 is 2.42. The molecule has 0 saturated carbocycles. The molecule has 0 aliphatic heterocycles. The van der Waals surface area contributed by atoms with Crippen LogP contribution in [0.3, 0.4) is 0 Å². The normalized spacial score (nSPS) is 10.7. The molecule has 0 unspecified atom stereocenters. The molecule has 0 radical (unpaired) electrons. The van der Waals surface area contributed by atoms with Gasteiger partial charge in [0.25, 0.3) is 0 Å². The van der Waals surface area contributed by atoms with Crippen molar-refractivity contribution in [2.24, 2.45) is 0 Å². The van der Waals surface area contributed by atoms with E-state index in [-0.39, 0.29) is 29.4 Å². The largest absolute Gasteiger partial charge is 1.00 e. The Labute approximate surface area is 133 Å². The fourth-order valence-corrected chi connectivity index (χ4v) is 1.34. The van der Waals surface area contributed by atoms with E-state index in [1.807, 2.05) is 0 Å². The van der Waals surface area contributed by atoms with Crippen LogP contribution >= 0.6 is 0 Å². The van der Waals surface area contributed by atoms with Gasteiger partial charge in [0.05, 0.1) is 53.4 Å². The van der Waals surface area contributed by atoms with Gasteiger partial charge >= 0.3 is 0 Å². The third-order valence-corrected chi connectivity index (χ3v) is 4.58. The van der Waals surface area contributed by atoms with Gasteiger partial charge in [0, 0.05) is 0 Å². The zero-order valence-corrected chi connectivity index (χ0v) is 16.2. The van der Waals surface area contributed by atoms with Crippen molar-refractivity contribution in [2.45, 2.75) is 41.5 Å². The molecule has 0 heterocycles. The van der Waals surface area contributed by atoms with E-state index in [9.17, 15) is 0 Å². The van der Waals surface area contributed by atoms with Gasteiger partial charge < -0.3 is 38.4 Å². The molecule has 0 aliphatic rings. The number of rotatable bonds is 6. The molecule has 0 atom stereocenters. The maximum absolute atomic E-state index is 2.29. The van der Waals surface area contributed by atoms with Gasteiger partial charge in [-0.15, -0.1) is 0 Å². The van der Waals surface area contributed by atoms with Crippen LogP contribution in [0.2, 0.25) is 0 Å². The molecule has 0 N–H and O–H groups in total. The summed E-state index contributed by atoms with van der Waals surface area (Å²) in [7, 11) is 4.58. The monoisotopic (exact) mass is 346 g/mol. The maximum Gasteiger partial charge on any atom is 0.0755 e. The smallest absolute Gasteiger partial charge is 0.0755 e. The molecule has 116 valence electrons. The van der Waals surface area contributed by atoms with Crippen molar-refractivity contribution in [2.75, 3.05) is 53.4 Å². The van der Waals surface area contributed by atoms with E-state index in [0.717, 1.165) is 0 Å². The van der Waals surface area contributed by atoms with Crippen molar-refractivity contribution in [1.29, 1.82) is 0 Å². The SMILES string of the molecule is CC[N+](C)(CC)CC.CC[N+](C)(CC)CC.[Br-].[Cl-]. The zero-order valence-electron chi connectivity index (χ0n) is 13.9. The molecule has 18 heavy (non-hydrogen) atoms. The van der Waals surface area contributed by atoms with Crippen LogP contribution in [-0.4, -0.2) is 62.3 Å². The average Bonchev–Trinajstić information content (AvgIpc) is 2.37. The second-order valence-electron chi connectivity index (χ2n) is 5.14. The second-order valence-corrected chi connectivity index (χ2v) is 5.14. The number of halogens is 2. The molecular formula is C14H36BrClN2. The van der Waals surface area contributed by atoms with E-state index < -0.39 is 0 Å². The molecule has 2 nitrogen and oxygen atoms in total. The molecule has 0 aliphatic carbocycles. The lowest BCUT2D eigenvalue weighted by atomic mass is 10.4. The predicted molar refractivity (Wildman–Crippen MR) is 75.6 cm³/mol. The Bertz CT molecular complexity index is 123. The highest BCUT2D eigenvalue weighted by atomic mass is 79.9. The molecule has 0 aromatic carbocycles. The highest BCUT2D eigenvalue weighted by Gasteiger charge is 2.11. The third kappa shape index (κ3) is 11.8. The third-order valence-electron chi connectivity index (χ3n) is 4.58. The summed E-state index contributed by atoms with van der Waals surface area (Å²) in [5.41, 5.74) is 0. The molecule has 0 aromatic rings. The number of hydrogen-bond donors (Lipinski definition) is 0. The highest BCUT2D eigenvalue weighted by molar-refractivity contribution is 4.25. The molecule has 0 amide bonds. The topological polar surface area (TPSA) is 0 Å². The van der Waals surface area contributed by atoms with E-state index in [1.54, 1.807) is 0 Å². The predicted octanol–water partition coefficient (Wildman–Crippen LogP) is -3.01. The number of quaternary nitrogens is 2. The molecule has 0 bridgehead atoms. The summed E-state index contributed by atoms with van der Waals surface area (Å²) in [6, 6.07) is 0. The Balaban J connectivity index is -0.0000000980. The molecular weight excluding hydrogens is 312 g/mol. The molecule has 0 rings (SSSR count). The van der Waals surface area contributed by atoms with Crippen LogP contribution in [0.25, 0.3) is 0 Å². The second kappa shape index (κ2) is 14.1. The van der Waals surface area contributed by atoms with Gasteiger partial charge in [-0.3, -0.25) is 0 Å². The van der Waals surface area contributed by atoms with Crippen LogP contribution in [0.4, 0.5) is 0 Å². The number of nitrogens with zero attached hydrogens (tertiary/aromatic N) is 2. The minimum Gasteiger partial charge on any atom is -1.00 e. The van der Waals surface area contributed by atoms with Crippen LogP contribution < -0.4 is 29.4 Å². The molecule has 0 aromatic heterocycles. The lowest BCUT2D eigenvalue weighted by molar-refractivity contribution is -0.904. The summed E-state index contributed by atoms with van der Waals surface area (Å²) in [6.07, 6.45) is 0. The van der Waals surface area contributed by atoms with Crippen LogP contribution in [0, 0.1) is 0 Å². The number of hydrogen-bond acceptors (Lipinski definition) is 0. The quantitative estimate of drug-likeness (QED) is 0.449. The molecule has 0 saturated heterocycles. The van der Waals surface area contributed by atoms with Crippen LogP contribution in [-0.2, 0) is 0 Å². The minimum absolute atomic E-state index is 0. The first kappa shape index (κ1) is 27.1. The summed E-state index contributed by atoms with van der Waals surface area (Å²) in [6.45, 7) is 21.0. The minimum atomic E-state index is 0. The van der Waals surface area contributed by atoms with Gasteiger partial charge in [-0.25, -0.2) is 0 Å². The fourth-order valence-electron chi connectivity index (χ4n) is 1.34. The average molecular weight is 348 g/mol. The van der Waals surface area contributed by atoms with E-state index in [0.29, 0.717) is 0 Å². The van der Waals surface area contributed by atoms with E-state index in [1.165, 1.54) is 48.2 Å². The van der Waals surface area contributed by atoms with Crippen LogP contribution in [0.1, 0.15) is 41.5 Å². The standard InChI is InChI=1S/2C7H18N.BrH.ClH/c2*1-5-8(4,6-2)7-3;;/h2*5-7H2,1-4H3;2*1H/q2*+1;;/p-2. The van der Waals surface area contributed by atoms with Crippen molar-refractivity contribution >= 4 is 0 Å². The Morgan fingerprint density at radius 3 is 0.611 bits per heavy atom. The van der Waals surface area contributed by atoms with Crippen molar-refractivity contribution in [3.8, 4) is 0 Å². The Kier molecular flexibility index (Phi) is 21.2. The van der Waals surface area contributed by atoms with E-state index >= 15 is 0 Å². The van der Waals surface area contributed by atoms with Gasteiger partial charge in [0.15, 0.2) is 0 Å². The summed E-state index contributed by atoms with van der Waals surface area (Å²) in [4.78, 5) is 0. The van der Waals surface area contributed by atoms with Crippen molar-refractivity contribution in [3.63, 3.8) is 0 Å². The lowest BCUT2D eigenvalue weighted by Gasteiger charge is -2.30. The Morgan fingerprint density at radius 1 is 0.500 bits per heavy atom. The lowest BCUT2D eigenvalue weighted by Crippen LogP contribution is -3.00. The van der Waals surface area contributed by atoms with Gasteiger partial charge in [0.2, 0.25) is 0 Å². The Hall–Kier alpha value is 0.690. The van der Waals surface area contributed by atoms with Crippen LogP contribution in [0.5, 0.6) is 0 Å². The zero-order chi connectivity index (χ0) is 13.2. The van der Waals surface area contributed by atoms with E-state index in [4.69, 9.17) is 0 Å². The van der Waals surface area contributed by atoms with Crippen molar-refractivity contribution < 1.29 is 38.4 Å². The van der Waals surface area contributed by atoms with E-state index in [2.05, 4.69) is 55.6 Å².